The van der Waals surface area contributed by atoms with Gasteiger partial charge in [-0.25, -0.2) is 13.6 Å². The fourth-order valence-electron chi connectivity index (χ4n) is 3.85. The Labute approximate surface area is 151 Å². The van der Waals surface area contributed by atoms with Crippen molar-refractivity contribution in [2.75, 3.05) is 6.61 Å². The van der Waals surface area contributed by atoms with Gasteiger partial charge in [0.2, 0.25) is 5.91 Å². The minimum atomic E-state index is -1.03. The molecule has 6 heteroatoms. The molecule has 1 aliphatic heterocycles. The highest BCUT2D eigenvalue weighted by Crippen LogP contribution is 2.35. The van der Waals surface area contributed by atoms with Gasteiger partial charge in [-0.1, -0.05) is 31.4 Å². The Bertz CT molecular complexity index is 739. The van der Waals surface area contributed by atoms with Gasteiger partial charge < -0.3 is 10.1 Å². The summed E-state index contributed by atoms with van der Waals surface area (Å²) in [5.41, 5.74) is 0.539. The number of rotatable bonds is 4. The Morgan fingerprint density at radius 2 is 1.96 bits per heavy atom. The number of hydrogen-bond donors (Lipinski definition) is 1. The van der Waals surface area contributed by atoms with E-state index in [9.17, 15) is 18.4 Å². The molecule has 1 aliphatic carbocycles. The monoisotopic (exact) mass is 363 g/mol. The van der Waals surface area contributed by atoms with Gasteiger partial charge in [0, 0.05) is 18.0 Å². The summed E-state index contributed by atoms with van der Waals surface area (Å²) in [4.78, 5) is 24.6. The van der Waals surface area contributed by atoms with Crippen LogP contribution in [0.4, 0.5) is 8.78 Å². The number of ether oxygens (including phenoxy) is 1. The van der Waals surface area contributed by atoms with Gasteiger partial charge in [-0.15, -0.1) is 0 Å². The van der Waals surface area contributed by atoms with E-state index in [0.717, 1.165) is 31.7 Å². The minimum absolute atomic E-state index is 0.00353. The van der Waals surface area contributed by atoms with E-state index in [0.29, 0.717) is 18.2 Å². The maximum Gasteiger partial charge on any atom is 0.336 e. The van der Waals surface area contributed by atoms with Crippen LogP contribution in [0.3, 0.4) is 0 Å². The first-order chi connectivity index (χ1) is 12.5. The Balaban J connectivity index is 1.83. The highest BCUT2D eigenvalue weighted by molar-refractivity contribution is 5.95. The van der Waals surface area contributed by atoms with Crippen LogP contribution < -0.4 is 5.32 Å². The van der Waals surface area contributed by atoms with E-state index < -0.39 is 23.5 Å². The second-order valence-corrected chi connectivity index (χ2v) is 7.09. The molecule has 140 valence electrons. The summed E-state index contributed by atoms with van der Waals surface area (Å²) in [6.45, 7) is 1.90. The Hall–Kier alpha value is -2.24. The number of allylic oxidation sites excluding steroid dienone is 1. The molecule has 1 fully saturated rings. The molecular formula is C20H23F2NO3. The molecule has 4 nitrogen and oxygen atoms in total. The van der Waals surface area contributed by atoms with Crippen LogP contribution in [-0.2, 0) is 14.3 Å². The quantitative estimate of drug-likeness (QED) is 0.824. The first-order valence-corrected chi connectivity index (χ1v) is 9.09. The molecule has 2 aliphatic rings. The largest absolute Gasteiger partial charge is 0.462 e. The zero-order valence-electron chi connectivity index (χ0n) is 14.8. The molecule has 26 heavy (non-hydrogen) atoms. The van der Waals surface area contributed by atoms with Gasteiger partial charge in [-0.3, -0.25) is 4.79 Å². The highest BCUT2D eigenvalue weighted by atomic mass is 19.2. The molecule has 0 aromatic heterocycles. The predicted molar refractivity (Wildman–Crippen MR) is 92.1 cm³/mol. The molecule has 1 aromatic carbocycles. The molecule has 1 saturated carbocycles. The number of carbonyl (C=O) groups excluding carboxylic acids is 2. The van der Waals surface area contributed by atoms with Crippen LogP contribution in [0, 0.1) is 17.6 Å². The standard InChI is InChI=1S/C20H23F2NO3/c1-12-18(20(25)26-11-13-6-3-2-4-7-13)15(10-17(24)23-12)14-8-5-9-16(21)19(14)22/h5,8-9,13,15H,2-4,6-7,10-11H2,1H3,(H,23,24)/t15-/m1/s1. The predicted octanol–water partition coefficient (Wildman–Crippen LogP) is 3.97. The maximum absolute atomic E-state index is 14.3. The fraction of sp³-hybridized carbons (Fsp3) is 0.500. The van der Waals surface area contributed by atoms with Crippen molar-refractivity contribution in [3.63, 3.8) is 0 Å². The number of halogens is 2. The number of carbonyl (C=O) groups is 2. The van der Waals surface area contributed by atoms with Crippen molar-refractivity contribution in [2.24, 2.45) is 5.92 Å². The molecule has 1 atom stereocenters. The number of benzene rings is 1. The third kappa shape index (κ3) is 3.94. The van der Waals surface area contributed by atoms with Crippen LogP contribution >= 0.6 is 0 Å². The maximum atomic E-state index is 14.3. The average Bonchev–Trinajstić information content (AvgIpc) is 2.62. The van der Waals surface area contributed by atoms with E-state index in [4.69, 9.17) is 4.74 Å². The number of esters is 1. The van der Waals surface area contributed by atoms with Crippen molar-refractivity contribution < 1.29 is 23.1 Å². The molecule has 1 aromatic rings. The van der Waals surface area contributed by atoms with E-state index in [2.05, 4.69) is 5.32 Å². The number of nitrogens with one attached hydrogen (secondary N) is 1. The van der Waals surface area contributed by atoms with Crippen molar-refractivity contribution in [3.05, 3.63) is 46.7 Å². The van der Waals surface area contributed by atoms with Crippen LogP contribution in [0.5, 0.6) is 0 Å². The Morgan fingerprint density at radius 3 is 2.69 bits per heavy atom. The van der Waals surface area contributed by atoms with E-state index in [-0.39, 0.29) is 23.5 Å². The Kier molecular flexibility index (Phi) is 5.69. The third-order valence-electron chi connectivity index (χ3n) is 5.22. The van der Waals surface area contributed by atoms with Gasteiger partial charge in [0.15, 0.2) is 11.6 Å². The Morgan fingerprint density at radius 1 is 1.23 bits per heavy atom. The summed E-state index contributed by atoms with van der Waals surface area (Å²) in [5.74, 6) is -3.44. The lowest BCUT2D eigenvalue weighted by atomic mass is 9.84. The van der Waals surface area contributed by atoms with Gasteiger partial charge >= 0.3 is 5.97 Å². The average molecular weight is 363 g/mol. The molecule has 1 amide bonds. The molecule has 3 rings (SSSR count). The van der Waals surface area contributed by atoms with Gasteiger partial charge in [0.1, 0.15) is 0 Å². The summed E-state index contributed by atoms with van der Waals surface area (Å²) < 4.78 is 33.4. The van der Waals surface area contributed by atoms with Gasteiger partial charge in [-0.05, 0) is 37.3 Å². The lowest BCUT2D eigenvalue weighted by Crippen LogP contribution is -2.35. The lowest BCUT2D eigenvalue weighted by Gasteiger charge is -2.28. The minimum Gasteiger partial charge on any atom is -0.462 e. The summed E-state index contributed by atoms with van der Waals surface area (Å²) in [7, 11) is 0. The molecule has 1 N–H and O–H groups in total. The molecular weight excluding hydrogens is 340 g/mol. The summed E-state index contributed by atoms with van der Waals surface area (Å²) >= 11 is 0. The van der Waals surface area contributed by atoms with Crippen molar-refractivity contribution >= 4 is 11.9 Å². The number of hydrogen-bond acceptors (Lipinski definition) is 3. The van der Waals surface area contributed by atoms with Crippen LogP contribution in [0.15, 0.2) is 29.5 Å². The second kappa shape index (κ2) is 7.98. The molecule has 0 spiro atoms. The van der Waals surface area contributed by atoms with Crippen LogP contribution in [0.2, 0.25) is 0 Å². The molecule has 1 heterocycles. The zero-order valence-corrected chi connectivity index (χ0v) is 14.8. The summed E-state index contributed by atoms with van der Waals surface area (Å²) in [5, 5.41) is 2.61. The van der Waals surface area contributed by atoms with Crippen LogP contribution in [-0.4, -0.2) is 18.5 Å². The first kappa shape index (κ1) is 18.5. The molecule has 0 radical (unpaired) electrons. The SMILES string of the molecule is CC1=C(C(=O)OCC2CCCCC2)[C@@H](c2cccc(F)c2F)CC(=O)N1. The van der Waals surface area contributed by atoms with Crippen LogP contribution in [0.25, 0.3) is 0 Å². The molecule has 0 bridgehead atoms. The summed E-state index contributed by atoms with van der Waals surface area (Å²) in [6.07, 6.45) is 5.43. The normalized spacial score (nSPS) is 21.5. The third-order valence-corrected chi connectivity index (χ3v) is 5.22. The van der Waals surface area contributed by atoms with E-state index in [1.54, 1.807) is 6.92 Å². The molecule has 0 saturated heterocycles. The van der Waals surface area contributed by atoms with Gasteiger partial charge in [0.05, 0.1) is 12.2 Å². The topological polar surface area (TPSA) is 55.4 Å². The van der Waals surface area contributed by atoms with E-state index in [1.165, 1.54) is 18.6 Å². The van der Waals surface area contributed by atoms with Gasteiger partial charge in [-0.2, -0.15) is 0 Å². The van der Waals surface area contributed by atoms with Crippen molar-refractivity contribution in [1.82, 2.24) is 5.32 Å². The number of amides is 1. The van der Waals surface area contributed by atoms with Gasteiger partial charge in [0.25, 0.3) is 0 Å². The van der Waals surface area contributed by atoms with Crippen molar-refractivity contribution in [2.45, 2.75) is 51.4 Å². The molecule has 0 unspecified atom stereocenters. The highest BCUT2D eigenvalue weighted by Gasteiger charge is 2.35. The smallest absolute Gasteiger partial charge is 0.336 e. The van der Waals surface area contributed by atoms with E-state index >= 15 is 0 Å². The van der Waals surface area contributed by atoms with E-state index in [1.807, 2.05) is 0 Å². The van der Waals surface area contributed by atoms with Crippen molar-refractivity contribution in [1.29, 1.82) is 0 Å². The zero-order chi connectivity index (χ0) is 18.7. The lowest BCUT2D eigenvalue weighted by molar-refractivity contribution is -0.141. The summed E-state index contributed by atoms with van der Waals surface area (Å²) in [6, 6.07) is 3.79. The van der Waals surface area contributed by atoms with Crippen LogP contribution in [0.1, 0.15) is 56.9 Å². The van der Waals surface area contributed by atoms with Crippen molar-refractivity contribution in [3.8, 4) is 0 Å². The second-order valence-electron chi connectivity index (χ2n) is 7.09. The fourth-order valence-corrected chi connectivity index (χ4v) is 3.85. The first-order valence-electron chi connectivity index (χ1n) is 9.09.